The van der Waals surface area contributed by atoms with Gasteiger partial charge in [-0.05, 0) is 12.5 Å². The highest BCUT2D eigenvalue weighted by Crippen LogP contribution is 2.26. The summed E-state index contributed by atoms with van der Waals surface area (Å²) in [5.41, 5.74) is 2.71. The number of nitrogens with zero attached hydrogens (tertiary/aromatic N) is 4. The van der Waals surface area contributed by atoms with E-state index in [1.165, 1.54) is 13.0 Å². The van der Waals surface area contributed by atoms with Crippen LogP contribution in [0, 0.1) is 28.4 Å². The molecular weight excluding hydrogens is 376 g/mol. The minimum Gasteiger partial charge on any atom is -0.507 e. The second-order valence-corrected chi connectivity index (χ2v) is 5.94. The van der Waals surface area contributed by atoms with Crippen molar-refractivity contribution in [3.63, 3.8) is 0 Å². The first kappa shape index (κ1) is 19.2. The molecule has 0 aliphatic rings. The lowest BCUT2D eigenvalue weighted by atomic mass is 10.1. The van der Waals surface area contributed by atoms with Crippen LogP contribution in [0.4, 0.5) is 11.6 Å². The fourth-order valence-electron chi connectivity index (χ4n) is 2.59. The van der Waals surface area contributed by atoms with Crippen molar-refractivity contribution in [3.8, 4) is 23.1 Å². The molecule has 29 heavy (non-hydrogen) atoms. The summed E-state index contributed by atoms with van der Waals surface area (Å²) >= 11 is 0. The van der Waals surface area contributed by atoms with E-state index in [-0.39, 0.29) is 34.2 Å². The Labute approximate surface area is 163 Å². The second kappa shape index (κ2) is 8.01. The molecule has 0 amide bonds. The van der Waals surface area contributed by atoms with Crippen molar-refractivity contribution in [3.05, 3.63) is 79.6 Å². The van der Waals surface area contributed by atoms with Gasteiger partial charge in [0, 0.05) is 23.3 Å². The molecule has 3 rings (SSSR count). The minimum atomic E-state index is -0.645. The first-order valence-corrected chi connectivity index (χ1v) is 8.27. The Morgan fingerprint density at radius 2 is 2.07 bits per heavy atom. The molecular formula is C19H14N6O4. The quantitative estimate of drug-likeness (QED) is 0.343. The number of hydrazone groups is 1. The van der Waals surface area contributed by atoms with Gasteiger partial charge in [-0.15, -0.1) is 0 Å². The number of aromatic amines is 1. The van der Waals surface area contributed by atoms with E-state index in [9.17, 15) is 25.3 Å². The Morgan fingerprint density at radius 3 is 2.72 bits per heavy atom. The Morgan fingerprint density at radius 1 is 1.34 bits per heavy atom. The molecule has 0 saturated heterocycles. The molecule has 10 nitrogen and oxygen atoms in total. The van der Waals surface area contributed by atoms with Gasteiger partial charge in [-0.1, -0.05) is 30.3 Å². The van der Waals surface area contributed by atoms with Crippen LogP contribution in [-0.2, 0) is 0 Å². The number of phenols is 1. The van der Waals surface area contributed by atoms with Crippen LogP contribution in [0.15, 0.2) is 52.4 Å². The fraction of sp³-hybridized carbons (Fsp3) is 0.0526. The molecule has 3 aromatic rings. The van der Waals surface area contributed by atoms with E-state index in [2.05, 4.69) is 20.5 Å². The predicted molar refractivity (Wildman–Crippen MR) is 106 cm³/mol. The number of H-pyrrole nitrogens is 1. The maximum atomic E-state index is 12.2. The van der Waals surface area contributed by atoms with Gasteiger partial charge in [-0.3, -0.25) is 19.9 Å². The van der Waals surface area contributed by atoms with Crippen molar-refractivity contribution in [1.82, 2.24) is 9.97 Å². The number of anilines is 1. The Kier molecular flexibility index (Phi) is 5.32. The number of phenolic OH excluding ortho intramolecular Hbond substituents is 1. The van der Waals surface area contributed by atoms with Gasteiger partial charge in [0.05, 0.1) is 16.8 Å². The number of hydrogen-bond donors (Lipinski definition) is 3. The van der Waals surface area contributed by atoms with Crippen LogP contribution in [0.2, 0.25) is 0 Å². The van der Waals surface area contributed by atoms with Gasteiger partial charge < -0.3 is 5.11 Å². The van der Waals surface area contributed by atoms with Crippen molar-refractivity contribution in [2.45, 2.75) is 6.92 Å². The third kappa shape index (κ3) is 4.09. The molecule has 10 heteroatoms. The van der Waals surface area contributed by atoms with Gasteiger partial charge in [0.15, 0.2) is 0 Å². The standard InChI is InChI=1S/C19H14N6O4/c1-11-7-14(25(28)29)8-13(17(11)26)10-21-24-19-22-16(12-5-3-2-4-6-12)15(9-20)18(27)23-19/h2-8,10,26H,1H3,(H2,22,23,24,27). The Bertz CT molecular complexity index is 1210. The third-order valence-electron chi connectivity index (χ3n) is 3.98. The Balaban J connectivity index is 1.94. The minimum absolute atomic E-state index is 0.0363. The predicted octanol–water partition coefficient (Wildman–Crippen LogP) is 2.68. The van der Waals surface area contributed by atoms with Crippen molar-refractivity contribution in [2.24, 2.45) is 5.10 Å². The number of nitro benzene ring substituents is 1. The molecule has 0 unspecified atom stereocenters. The number of hydrogen-bond acceptors (Lipinski definition) is 8. The zero-order valence-corrected chi connectivity index (χ0v) is 15.1. The molecule has 0 aliphatic carbocycles. The van der Waals surface area contributed by atoms with Crippen molar-refractivity contribution >= 4 is 17.9 Å². The van der Waals surface area contributed by atoms with Gasteiger partial charge in [0.25, 0.3) is 11.2 Å². The molecule has 3 N–H and O–H groups in total. The molecule has 0 saturated carbocycles. The number of nitrogens with one attached hydrogen (secondary N) is 2. The lowest BCUT2D eigenvalue weighted by Gasteiger charge is -2.06. The van der Waals surface area contributed by atoms with Crippen LogP contribution in [0.5, 0.6) is 5.75 Å². The highest BCUT2D eigenvalue weighted by Gasteiger charge is 2.14. The maximum absolute atomic E-state index is 12.2. The summed E-state index contributed by atoms with van der Waals surface area (Å²) < 4.78 is 0. The molecule has 0 fully saturated rings. The van der Waals surface area contributed by atoms with Gasteiger partial charge in [-0.25, -0.2) is 10.4 Å². The van der Waals surface area contributed by atoms with E-state index in [1.807, 2.05) is 6.07 Å². The van der Waals surface area contributed by atoms with E-state index in [0.717, 1.165) is 12.3 Å². The van der Waals surface area contributed by atoms with Crippen LogP contribution in [0.25, 0.3) is 11.3 Å². The smallest absolute Gasteiger partial charge is 0.270 e. The first-order valence-electron chi connectivity index (χ1n) is 8.27. The average Bonchev–Trinajstić information content (AvgIpc) is 2.71. The number of rotatable bonds is 5. The molecule has 0 spiro atoms. The monoisotopic (exact) mass is 390 g/mol. The third-order valence-corrected chi connectivity index (χ3v) is 3.98. The van der Waals surface area contributed by atoms with Crippen molar-refractivity contribution in [2.75, 3.05) is 5.43 Å². The first-order chi connectivity index (χ1) is 13.9. The zero-order chi connectivity index (χ0) is 21.0. The van der Waals surface area contributed by atoms with Crippen LogP contribution in [-0.4, -0.2) is 26.2 Å². The van der Waals surface area contributed by atoms with E-state index in [4.69, 9.17) is 0 Å². The number of benzene rings is 2. The largest absolute Gasteiger partial charge is 0.507 e. The van der Waals surface area contributed by atoms with Gasteiger partial charge in [-0.2, -0.15) is 10.4 Å². The summed E-state index contributed by atoms with van der Waals surface area (Å²) in [6.07, 6.45) is 1.16. The van der Waals surface area contributed by atoms with Crippen LogP contribution in [0.1, 0.15) is 16.7 Å². The van der Waals surface area contributed by atoms with Crippen LogP contribution < -0.4 is 11.0 Å². The van der Waals surface area contributed by atoms with Crippen LogP contribution >= 0.6 is 0 Å². The highest BCUT2D eigenvalue weighted by molar-refractivity contribution is 5.85. The van der Waals surface area contributed by atoms with Gasteiger partial charge in [0.1, 0.15) is 17.4 Å². The SMILES string of the molecule is Cc1cc([N+](=O)[O-])cc(C=NNc2nc(-c3ccccc3)c(C#N)c(=O)[nH]2)c1O. The number of non-ortho nitro benzene ring substituents is 1. The molecule has 0 aliphatic heterocycles. The summed E-state index contributed by atoms with van der Waals surface area (Å²) in [4.78, 5) is 29.2. The van der Waals surface area contributed by atoms with Crippen LogP contribution in [0.3, 0.4) is 0 Å². The van der Waals surface area contributed by atoms with Crippen molar-refractivity contribution in [1.29, 1.82) is 5.26 Å². The fourth-order valence-corrected chi connectivity index (χ4v) is 2.59. The lowest BCUT2D eigenvalue weighted by molar-refractivity contribution is -0.384. The number of nitro groups is 1. The molecule has 1 heterocycles. The number of aromatic nitrogens is 2. The van der Waals surface area contributed by atoms with E-state index < -0.39 is 10.5 Å². The number of aromatic hydroxyl groups is 1. The summed E-state index contributed by atoms with van der Waals surface area (Å²) in [6.45, 7) is 1.53. The molecule has 2 aromatic carbocycles. The lowest BCUT2D eigenvalue weighted by Crippen LogP contribution is -2.16. The average molecular weight is 390 g/mol. The summed E-state index contributed by atoms with van der Waals surface area (Å²) in [5, 5.41) is 34.2. The number of aryl methyl sites for hydroxylation is 1. The van der Waals surface area contributed by atoms with Gasteiger partial charge in [0.2, 0.25) is 5.95 Å². The molecule has 0 bridgehead atoms. The summed E-state index contributed by atoms with van der Waals surface area (Å²) in [6, 6.07) is 12.9. The van der Waals surface area contributed by atoms with E-state index in [1.54, 1.807) is 30.3 Å². The molecule has 0 radical (unpaired) electrons. The normalized spacial score (nSPS) is 10.6. The molecule has 144 valence electrons. The summed E-state index contributed by atoms with van der Waals surface area (Å²) in [5.74, 6) is -0.196. The second-order valence-electron chi connectivity index (χ2n) is 5.94. The maximum Gasteiger partial charge on any atom is 0.270 e. The summed E-state index contributed by atoms with van der Waals surface area (Å²) in [7, 11) is 0. The molecule has 1 aromatic heterocycles. The highest BCUT2D eigenvalue weighted by atomic mass is 16.6. The van der Waals surface area contributed by atoms with Crippen molar-refractivity contribution < 1.29 is 10.0 Å². The van der Waals surface area contributed by atoms with E-state index in [0.29, 0.717) is 11.1 Å². The van der Waals surface area contributed by atoms with E-state index >= 15 is 0 Å². The van der Waals surface area contributed by atoms with Gasteiger partial charge >= 0.3 is 0 Å². The zero-order valence-electron chi connectivity index (χ0n) is 15.1. The topological polar surface area (TPSA) is 157 Å². The Hall–Kier alpha value is -4.52. The number of nitriles is 1. The molecule has 0 atom stereocenters.